The zero-order valence-corrected chi connectivity index (χ0v) is 6.83. The number of oxazole rings is 1. The number of nitrogens with zero attached hydrogens (tertiary/aromatic N) is 1. The van der Waals surface area contributed by atoms with Gasteiger partial charge in [0.15, 0.2) is 0 Å². The fraction of sp³-hybridized carbons (Fsp3) is 0.500. The highest BCUT2D eigenvalue weighted by atomic mass is 16.4. The minimum atomic E-state index is -0.203. The molecule has 0 radical (unpaired) electrons. The average molecular weight is 166 g/mol. The first-order chi connectivity index (χ1) is 5.75. The second-order valence-electron chi connectivity index (χ2n) is 3.02. The molecule has 1 amide bonds. The minimum absolute atomic E-state index is 0.166. The molecule has 1 aromatic rings. The third-order valence-electron chi connectivity index (χ3n) is 1.73. The lowest BCUT2D eigenvalue weighted by molar-refractivity contribution is 0.0915. The zero-order valence-electron chi connectivity index (χ0n) is 6.83. The SMILES string of the molecule is Cc1cnc(C(=O)NC2CC2)o1. The number of nitrogens with one attached hydrogen (secondary N) is 1. The molecule has 1 N–H and O–H groups in total. The lowest BCUT2D eigenvalue weighted by Crippen LogP contribution is -2.25. The molecule has 1 aliphatic carbocycles. The molecule has 0 aromatic carbocycles. The van der Waals surface area contributed by atoms with Gasteiger partial charge in [-0.05, 0) is 19.8 Å². The molecule has 1 heterocycles. The van der Waals surface area contributed by atoms with Crippen LogP contribution in [0.25, 0.3) is 0 Å². The molecule has 12 heavy (non-hydrogen) atoms. The Labute approximate surface area is 70.0 Å². The molecule has 2 rings (SSSR count). The Kier molecular flexibility index (Phi) is 1.60. The van der Waals surface area contributed by atoms with Crippen LogP contribution in [0.5, 0.6) is 0 Å². The van der Waals surface area contributed by atoms with Gasteiger partial charge in [0.2, 0.25) is 0 Å². The van der Waals surface area contributed by atoms with Gasteiger partial charge >= 0.3 is 5.91 Å². The van der Waals surface area contributed by atoms with Crippen molar-refractivity contribution >= 4 is 5.91 Å². The van der Waals surface area contributed by atoms with Crippen LogP contribution >= 0.6 is 0 Å². The molecule has 1 fully saturated rings. The van der Waals surface area contributed by atoms with E-state index in [1.54, 1.807) is 13.1 Å². The molecule has 0 atom stereocenters. The Morgan fingerprint density at radius 1 is 1.75 bits per heavy atom. The predicted octanol–water partition coefficient (Wildman–Crippen LogP) is 0.875. The predicted molar refractivity (Wildman–Crippen MR) is 41.7 cm³/mol. The van der Waals surface area contributed by atoms with Crippen molar-refractivity contribution in [2.75, 3.05) is 0 Å². The van der Waals surface area contributed by atoms with E-state index in [1.807, 2.05) is 0 Å². The molecular weight excluding hydrogens is 156 g/mol. The van der Waals surface area contributed by atoms with E-state index in [-0.39, 0.29) is 11.8 Å². The topological polar surface area (TPSA) is 55.1 Å². The highest BCUT2D eigenvalue weighted by Gasteiger charge is 2.25. The van der Waals surface area contributed by atoms with Gasteiger partial charge in [-0.2, -0.15) is 0 Å². The number of aromatic nitrogens is 1. The lowest BCUT2D eigenvalue weighted by Gasteiger charge is -1.96. The maximum Gasteiger partial charge on any atom is 0.307 e. The van der Waals surface area contributed by atoms with Crippen LogP contribution in [0.2, 0.25) is 0 Å². The van der Waals surface area contributed by atoms with Crippen molar-refractivity contribution in [3.8, 4) is 0 Å². The van der Waals surface area contributed by atoms with E-state index >= 15 is 0 Å². The summed E-state index contributed by atoms with van der Waals surface area (Å²) in [6, 6.07) is 0.352. The number of rotatable bonds is 2. The number of amides is 1. The van der Waals surface area contributed by atoms with Crippen LogP contribution in [0.15, 0.2) is 10.6 Å². The summed E-state index contributed by atoms with van der Waals surface area (Å²) in [6.07, 6.45) is 3.69. The fourth-order valence-corrected chi connectivity index (χ4v) is 0.935. The Bertz CT molecular complexity index is 302. The molecule has 4 heteroatoms. The summed E-state index contributed by atoms with van der Waals surface area (Å²) in [6.45, 7) is 1.76. The van der Waals surface area contributed by atoms with Crippen LogP contribution in [-0.2, 0) is 0 Å². The molecule has 4 nitrogen and oxygen atoms in total. The number of carbonyl (C=O) groups is 1. The van der Waals surface area contributed by atoms with Gasteiger partial charge in [-0.3, -0.25) is 4.79 Å². The third-order valence-corrected chi connectivity index (χ3v) is 1.73. The van der Waals surface area contributed by atoms with Crippen molar-refractivity contribution in [1.29, 1.82) is 0 Å². The quantitative estimate of drug-likeness (QED) is 0.709. The monoisotopic (exact) mass is 166 g/mol. The van der Waals surface area contributed by atoms with E-state index in [9.17, 15) is 4.79 Å². The number of hydrogen-bond donors (Lipinski definition) is 1. The van der Waals surface area contributed by atoms with Crippen LogP contribution in [-0.4, -0.2) is 16.9 Å². The van der Waals surface area contributed by atoms with Crippen molar-refractivity contribution in [1.82, 2.24) is 10.3 Å². The van der Waals surface area contributed by atoms with Gasteiger partial charge in [-0.25, -0.2) is 4.98 Å². The number of hydrogen-bond acceptors (Lipinski definition) is 3. The van der Waals surface area contributed by atoms with Gasteiger partial charge in [0.05, 0.1) is 6.20 Å². The second kappa shape index (κ2) is 2.62. The third kappa shape index (κ3) is 1.47. The maximum atomic E-state index is 11.2. The van der Waals surface area contributed by atoms with Gasteiger partial charge in [0, 0.05) is 6.04 Å². The van der Waals surface area contributed by atoms with Crippen molar-refractivity contribution in [3.63, 3.8) is 0 Å². The minimum Gasteiger partial charge on any atom is -0.438 e. The summed E-state index contributed by atoms with van der Waals surface area (Å²) in [5, 5.41) is 2.79. The van der Waals surface area contributed by atoms with Gasteiger partial charge in [0.1, 0.15) is 5.76 Å². The average Bonchev–Trinajstić information content (AvgIpc) is 2.72. The number of aryl methyl sites for hydroxylation is 1. The van der Waals surface area contributed by atoms with Crippen LogP contribution < -0.4 is 5.32 Å². The van der Waals surface area contributed by atoms with Crippen molar-refractivity contribution in [2.24, 2.45) is 0 Å². The van der Waals surface area contributed by atoms with Crippen molar-refractivity contribution in [2.45, 2.75) is 25.8 Å². The molecule has 1 aromatic heterocycles. The molecule has 0 unspecified atom stereocenters. The van der Waals surface area contributed by atoms with Gasteiger partial charge in [-0.1, -0.05) is 0 Å². The van der Waals surface area contributed by atoms with Crippen LogP contribution in [0.1, 0.15) is 29.3 Å². The molecule has 64 valence electrons. The van der Waals surface area contributed by atoms with Crippen molar-refractivity contribution in [3.05, 3.63) is 17.8 Å². The van der Waals surface area contributed by atoms with E-state index in [4.69, 9.17) is 4.42 Å². The standard InChI is InChI=1S/C8H10N2O2/c1-5-4-9-8(12-5)7(11)10-6-2-3-6/h4,6H,2-3H2,1H3,(H,10,11). The summed E-state index contributed by atoms with van der Waals surface area (Å²) in [7, 11) is 0. The first-order valence-corrected chi connectivity index (χ1v) is 3.99. The molecular formula is C8H10N2O2. The molecule has 1 saturated carbocycles. The fourth-order valence-electron chi connectivity index (χ4n) is 0.935. The summed E-state index contributed by atoms with van der Waals surface area (Å²) in [5.74, 6) is 0.626. The maximum absolute atomic E-state index is 11.2. The van der Waals surface area contributed by atoms with E-state index < -0.39 is 0 Å². The first kappa shape index (κ1) is 7.34. The molecule has 0 spiro atoms. The first-order valence-electron chi connectivity index (χ1n) is 3.99. The molecule has 0 aliphatic heterocycles. The van der Waals surface area contributed by atoms with E-state index in [0.29, 0.717) is 11.8 Å². The molecule has 1 aliphatic rings. The Hall–Kier alpha value is -1.32. The lowest BCUT2D eigenvalue weighted by atomic mass is 10.5. The second-order valence-corrected chi connectivity index (χ2v) is 3.02. The summed E-state index contributed by atoms with van der Waals surface area (Å²) >= 11 is 0. The smallest absolute Gasteiger partial charge is 0.307 e. The van der Waals surface area contributed by atoms with Gasteiger partial charge < -0.3 is 9.73 Å². The molecule has 0 bridgehead atoms. The zero-order chi connectivity index (χ0) is 8.55. The Morgan fingerprint density at radius 2 is 2.50 bits per heavy atom. The normalized spacial score (nSPS) is 16.1. The summed E-state index contributed by atoms with van der Waals surface area (Å²) in [4.78, 5) is 15.1. The van der Waals surface area contributed by atoms with Gasteiger partial charge in [-0.15, -0.1) is 0 Å². The highest BCUT2D eigenvalue weighted by Crippen LogP contribution is 2.19. The highest BCUT2D eigenvalue weighted by molar-refractivity contribution is 5.89. The Balaban J connectivity index is 2.03. The summed E-state index contributed by atoms with van der Waals surface area (Å²) < 4.78 is 5.05. The molecule has 0 saturated heterocycles. The van der Waals surface area contributed by atoms with Crippen LogP contribution in [0.3, 0.4) is 0 Å². The van der Waals surface area contributed by atoms with Crippen LogP contribution in [0, 0.1) is 6.92 Å². The van der Waals surface area contributed by atoms with E-state index in [2.05, 4.69) is 10.3 Å². The van der Waals surface area contributed by atoms with E-state index in [0.717, 1.165) is 12.8 Å². The van der Waals surface area contributed by atoms with Crippen LogP contribution in [0.4, 0.5) is 0 Å². The summed E-state index contributed by atoms with van der Waals surface area (Å²) in [5.41, 5.74) is 0. The van der Waals surface area contributed by atoms with E-state index in [1.165, 1.54) is 0 Å². The largest absolute Gasteiger partial charge is 0.438 e. The number of carbonyl (C=O) groups excluding carboxylic acids is 1. The Morgan fingerprint density at radius 3 is 3.00 bits per heavy atom. The van der Waals surface area contributed by atoms with Gasteiger partial charge in [0.25, 0.3) is 5.89 Å². The van der Waals surface area contributed by atoms with Crippen molar-refractivity contribution < 1.29 is 9.21 Å².